The van der Waals surface area contributed by atoms with E-state index in [0.717, 1.165) is 0 Å². The summed E-state index contributed by atoms with van der Waals surface area (Å²) in [5, 5.41) is 9.59. The molecule has 0 atom stereocenters. The molecule has 0 fully saturated rings. The Bertz CT molecular complexity index is 1700. The second-order valence-corrected chi connectivity index (χ2v) is 12.5. The molecule has 0 saturated heterocycles. The summed E-state index contributed by atoms with van der Waals surface area (Å²) in [7, 11) is 0. The number of phenols is 1. The first-order valence-corrected chi connectivity index (χ1v) is 16.7. The lowest BCUT2D eigenvalue weighted by Crippen LogP contribution is -3.12. The molecule has 4 aromatic rings. The van der Waals surface area contributed by atoms with Gasteiger partial charge < -0.3 is 10.0 Å². The molecule has 0 aliphatic carbocycles. The number of benzene rings is 4. The Labute approximate surface area is 300 Å². The molecule has 0 aromatic heterocycles. The van der Waals surface area contributed by atoms with Gasteiger partial charge in [-0.3, -0.25) is 0 Å². The molecule has 0 bridgehead atoms. The van der Waals surface area contributed by atoms with Gasteiger partial charge in [-0.05, 0) is 31.4 Å². The molecular weight excluding hydrogens is 758 g/mol. The Morgan fingerprint density at radius 2 is 0.611 bits per heavy atom. The number of hydrogen-bond donors (Lipinski definition) is 2. The fraction of sp³-hybridized carbons (Fsp3) is 0.333. The molecule has 2 nitrogen and oxygen atoms in total. The summed E-state index contributed by atoms with van der Waals surface area (Å²) in [6.45, 7) is 11.1. The summed E-state index contributed by atoms with van der Waals surface area (Å²) in [4.78, 5) is 1.84. The third-order valence-corrected chi connectivity index (χ3v) is 9.08. The summed E-state index contributed by atoms with van der Waals surface area (Å²) in [6, 6.07) is 1.11. The van der Waals surface area contributed by atoms with Crippen molar-refractivity contribution in [2.24, 2.45) is 0 Å². The van der Waals surface area contributed by atoms with Crippen LogP contribution in [0.25, 0.3) is 0 Å². The van der Waals surface area contributed by atoms with E-state index in [1.165, 1.54) is 58.2 Å². The SMILES string of the molecule is CCCC[NH+](CCCC)CCCC.Oc1ccc([B-](c2c(F)c(F)c(F)c(F)c2F)(c2c(F)c(F)c(F)c(F)c2F)c2c(F)c(F)c(F)c(F)c2F)cc1. The molecule has 0 aliphatic rings. The summed E-state index contributed by atoms with van der Waals surface area (Å²) in [5.74, 6) is -47.1. The number of unbranched alkanes of at least 4 members (excludes halogenated alkanes) is 3. The molecular formula is C36H33BF15NO. The van der Waals surface area contributed by atoms with E-state index in [9.17, 15) is 44.6 Å². The minimum atomic E-state index is -5.84. The number of nitrogens with one attached hydrogen (secondary N) is 1. The van der Waals surface area contributed by atoms with Crippen LogP contribution in [0.2, 0.25) is 0 Å². The van der Waals surface area contributed by atoms with Gasteiger partial charge in [0, 0.05) is 0 Å². The Hall–Kier alpha value is -4.35. The first-order valence-electron chi connectivity index (χ1n) is 16.7. The van der Waals surface area contributed by atoms with Crippen molar-refractivity contribution >= 4 is 28.0 Å². The number of rotatable bonds is 13. The number of phenolic OH excluding ortho intramolecular Hbond substituents is 1. The Morgan fingerprint density at radius 3 is 0.833 bits per heavy atom. The van der Waals surface area contributed by atoms with Crippen LogP contribution in [0, 0.1) is 87.3 Å². The van der Waals surface area contributed by atoms with Gasteiger partial charge in [0.25, 0.3) is 0 Å². The topological polar surface area (TPSA) is 24.7 Å². The second-order valence-electron chi connectivity index (χ2n) is 12.5. The zero-order chi connectivity index (χ0) is 40.8. The van der Waals surface area contributed by atoms with Crippen molar-refractivity contribution in [2.45, 2.75) is 59.3 Å². The average molecular weight is 791 g/mol. The van der Waals surface area contributed by atoms with Crippen LogP contribution in [0.4, 0.5) is 65.9 Å². The lowest BCUT2D eigenvalue weighted by Gasteiger charge is -2.44. The van der Waals surface area contributed by atoms with Crippen LogP contribution in [0.15, 0.2) is 24.3 Å². The van der Waals surface area contributed by atoms with E-state index in [-0.39, 0.29) is 12.1 Å². The van der Waals surface area contributed by atoms with Gasteiger partial charge in [-0.15, -0.1) is 16.4 Å². The normalized spacial score (nSPS) is 11.7. The van der Waals surface area contributed by atoms with Crippen LogP contribution in [0.5, 0.6) is 5.75 Å². The number of quaternary nitrogens is 1. The van der Waals surface area contributed by atoms with E-state index >= 15 is 26.3 Å². The zero-order valence-electron chi connectivity index (χ0n) is 28.9. The quantitative estimate of drug-likeness (QED) is 0.0642. The van der Waals surface area contributed by atoms with Gasteiger partial charge in [-0.1, -0.05) is 52.2 Å². The molecule has 2 N–H and O–H groups in total. The Balaban J connectivity index is 0.000000515. The van der Waals surface area contributed by atoms with Crippen LogP contribution >= 0.6 is 0 Å². The second kappa shape index (κ2) is 18.3. The molecule has 296 valence electrons. The van der Waals surface area contributed by atoms with Gasteiger partial charge >= 0.3 is 0 Å². The Morgan fingerprint density at radius 1 is 0.389 bits per heavy atom. The molecule has 0 unspecified atom stereocenters. The van der Waals surface area contributed by atoms with E-state index in [2.05, 4.69) is 20.8 Å². The third-order valence-electron chi connectivity index (χ3n) is 9.08. The minimum Gasteiger partial charge on any atom is -0.508 e. The first kappa shape index (κ1) is 44.1. The molecule has 0 amide bonds. The number of aromatic hydroxyl groups is 1. The van der Waals surface area contributed by atoms with Crippen LogP contribution in [0.1, 0.15) is 59.3 Å². The maximum absolute atomic E-state index is 15.4. The predicted molar refractivity (Wildman–Crippen MR) is 171 cm³/mol. The standard InChI is InChI=1S/C24H5BF15O.C12H27N/c26-10-7(11(27)17(33)22(38)16(10)32)25(5-1-3-6(41)4-2-5,8-12(28)18(34)23(39)19(35)13(8)29)9-14(30)20(36)24(40)21(37)15(9)31;1-4-7-10-13(11-8-5-2)12-9-6-3/h1-4,41H;4-12H2,1-3H3/q-1;/p+1. The van der Waals surface area contributed by atoms with E-state index in [4.69, 9.17) is 0 Å². The van der Waals surface area contributed by atoms with Crippen LogP contribution in [-0.4, -0.2) is 30.9 Å². The summed E-state index contributed by atoms with van der Waals surface area (Å²) >= 11 is 0. The maximum Gasteiger partial charge on any atom is 0.200 e. The van der Waals surface area contributed by atoms with Crippen LogP contribution in [0.3, 0.4) is 0 Å². The summed E-state index contributed by atoms with van der Waals surface area (Å²) in [5.41, 5.74) is -9.80. The van der Waals surface area contributed by atoms with Gasteiger partial charge in [0.05, 0.1) is 19.6 Å². The molecule has 18 heteroatoms. The van der Waals surface area contributed by atoms with E-state index in [1.54, 1.807) is 0 Å². The zero-order valence-corrected chi connectivity index (χ0v) is 28.9. The lowest BCUT2D eigenvalue weighted by molar-refractivity contribution is -0.900. The predicted octanol–water partition coefficient (Wildman–Crippen LogP) is 7.13. The molecule has 4 aromatic carbocycles. The molecule has 0 saturated carbocycles. The first-order chi connectivity index (χ1) is 25.4. The van der Waals surface area contributed by atoms with E-state index in [0.29, 0.717) is 12.1 Å². The van der Waals surface area contributed by atoms with Crippen molar-refractivity contribution in [3.8, 4) is 5.75 Å². The average Bonchev–Trinajstić information content (AvgIpc) is 3.16. The van der Waals surface area contributed by atoms with Gasteiger partial charge in [0.15, 0.2) is 52.4 Å². The van der Waals surface area contributed by atoms with Crippen LogP contribution < -0.4 is 26.8 Å². The summed E-state index contributed by atoms with van der Waals surface area (Å²) in [6.07, 6.45) is 2.42. The van der Waals surface area contributed by atoms with Crippen molar-refractivity contribution in [2.75, 3.05) is 19.6 Å². The third kappa shape index (κ3) is 8.03. The number of hydrogen-bond acceptors (Lipinski definition) is 1. The minimum absolute atomic E-state index is 0.184. The van der Waals surface area contributed by atoms with Crippen LogP contribution in [-0.2, 0) is 0 Å². The highest BCUT2D eigenvalue weighted by atomic mass is 19.2. The summed E-state index contributed by atoms with van der Waals surface area (Å²) < 4.78 is 220. The molecule has 0 spiro atoms. The van der Waals surface area contributed by atoms with Crippen molar-refractivity contribution < 1.29 is 75.9 Å². The van der Waals surface area contributed by atoms with Gasteiger partial charge in [-0.25, -0.2) is 65.9 Å². The maximum atomic E-state index is 15.4. The van der Waals surface area contributed by atoms with Gasteiger partial charge in [0.1, 0.15) is 46.8 Å². The largest absolute Gasteiger partial charge is 0.508 e. The molecule has 0 heterocycles. The molecule has 4 rings (SSSR count). The van der Waals surface area contributed by atoms with E-state index < -0.39 is 121 Å². The Kier molecular flexibility index (Phi) is 14.9. The van der Waals surface area contributed by atoms with Crippen molar-refractivity contribution in [3.63, 3.8) is 0 Å². The monoisotopic (exact) mass is 791 g/mol. The number of halogens is 15. The highest BCUT2D eigenvalue weighted by molar-refractivity contribution is 7.20. The molecule has 54 heavy (non-hydrogen) atoms. The van der Waals surface area contributed by atoms with Crippen molar-refractivity contribution in [1.82, 2.24) is 0 Å². The fourth-order valence-electron chi connectivity index (χ4n) is 6.36. The highest BCUT2D eigenvalue weighted by Crippen LogP contribution is 2.28. The fourth-order valence-corrected chi connectivity index (χ4v) is 6.36. The van der Waals surface area contributed by atoms with E-state index in [1.807, 2.05) is 4.90 Å². The van der Waals surface area contributed by atoms with Crippen molar-refractivity contribution in [1.29, 1.82) is 0 Å². The molecule has 0 aliphatic heterocycles. The lowest BCUT2D eigenvalue weighted by atomic mass is 9.12. The van der Waals surface area contributed by atoms with Gasteiger partial charge in [0.2, 0.25) is 0 Å². The smallest absolute Gasteiger partial charge is 0.200 e. The van der Waals surface area contributed by atoms with Gasteiger partial charge in [-0.2, -0.15) is 5.46 Å². The molecule has 0 radical (unpaired) electrons. The van der Waals surface area contributed by atoms with Crippen molar-refractivity contribution in [3.05, 3.63) is 112 Å². The highest BCUT2D eigenvalue weighted by Gasteiger charge is 2.49.